The monoisotopic (exact) mass is 389 g/mol. The van der Waals surface area contributed by atoms with Gasteiger partial charge in [-0.3, -0.25) is 9.69 Å². The van der Waals surface area contributed by atoms with E-state index in [1.54, 1.807) is 11.3 Å². The maximum atomic E-state index is 13.1. The number of likely N-dealkylation sites (N-methyl/N-ethyl adjacent to an activating group) is 1. The Hall–Kier alpha value is -1.43. The van der Waals surface area contributed by atoms with Crippen LogP contribution in [0.2, 0.25) is 5.02 Å². The van der Waals surface area contributed by atoms with E-state index in [1.165, 1.54) is 19.3 Å². The molecule has 4 nitrogen and oxygen atoms in total. The van der Waals surface area contributed by atoms with Gasteiger partial charge in [-0.25, -0.2) is 4.98 Å². The van der Waals surface area contributed by atoms with Crippen molar-refractivity contribution in [1.82, 2.24) is 14.8 Å². The second-order valence-electron chi connectivity index (χ2n) is 7.51. The predicted octanol–water partition coefficient (Wildman–Crippen LogP) is 4.61. The molecular formula is C20H24ClN3OS. The van der Waals surface area contributed by atoms with Crippen LogP contribution in [0.3, 0.4) is 0 Å². The van der Waals surface area contributed by atoms with Gasteiger partial charge in [-0.15, -0.1) is 11.3 Å². The largest absolute Gasteiger partial charge is 0.336 e. The van der Waals surface area contributed by atoms with Crippen LogP contribution in [0.25, 0.3) is 10.6 Å². The van der Waals surface area contributed by atoms with Crippen LogP contribution in [0.1, 0.15) is 43.5 Å². The van der Waals surface area contributed by atoms with Gasteiger partial charge in [0, 0.05) is 23.7 Å². The second kappa shape index (κ2) is 6.95. The number of thiazole rings is 1. The number of hydrogen-bond donors (Lipinski definition) is 0. The van der Waals surface area contributed by atoms with Gasteiger partial charge in [-0.1, -0.05) is 36.2 Å². The molecule has 2 aliphatic heterocycles. The Morgan fingerprint density at radius 3 is 2.69 bits per heavy atom. The third kappa shape index (κ3) is 2.96. The van der Waals surface area contributed by atoms with E-state index in [9.17, 15) is 4.79 Å². The van der Waals surface area contributed by atoms with Crippen LogP contribution < -0.4 is 0 Å². The zero-order valence-electron chi connectivity index (χ0n) is 15.2. The summed E-state index contributed by atoms with van der Waals surface area (Å²) in [7, 11) is 1.93. The molecule has 6 heteroatoms. The van der Waals surface area contributed by atoms with E-state index >= 15 is 0 Å². The number of carbonyl (C=O) groups excluding carboxylic acids is 1. The van der Waals surface area contributed by atoms with Gasteiger partial charge in [0.05, 0.1) is 11.1 Å². The van der Waals surface area contributed by atoms with Crippen LogP contribution in [0.4, 0.5) is 0 Å². The van der Waals surface area contributed by atoms with Gasteiger partial charge in [0.2, 0.25) is 5.91 Å². The minimum Gasteiger partial charge on any atom is -0.336 e. The normalized spacial score (nSPS) is 27.3. The fourth-order valence-electron chi connectivity index (χ4n) is 4.27. The third-order valence-corrected chi connectivity index (χ3v) is 7.31. The SMILES string of the molecule is CN1C(=O)C(C)(N2CCCCC2)CC1c1cnc(-c2ccccc2Cl)s1. The molecule has 0 aliphatic carbocycles. The minimum atomic E-state index is -0.394. The van der Waals surface area contributed by atoms with Gasteiger partial charge in [-0.2, -0.15) is 0 Å². The number of hydrogen-bond acceptors (Lipinski definition) is 4. The highest BCUT2D eigenvalue weighted by Crippen LogP contribution is 2.44. The molecule has 1 aromatic heterocycles. The molecule has 0 spiro atoms. The fourth-order valence-corrected chi connectivity index (χ4v) is 5.65. The molecule has 2 fully saturated rings. The summed E-state index contributed by atoms with van der Waals surface area (Å²) in [5, 5.41) is 1.63. The second-order valence-corrected chi connectivity index (χ2v) is 8.97. The summed E-state index contributed by atoms with van der Waals surface area (Å²) in [5.41, 5.74) is 0.560. The summed E-state index contributed by atoms with van der Waals surface area (Å²) < 4.78 is 0. The smallest absolute Gasteiger partial charge is 0.243 e. The Balaban J connectivity index is 1.61. The van der Waals surface area contributed by atoms with Crippen molar-refractivity contribution in [2.45, 2.75) is 44.2 Å². The van der Waals surface area contributed by atoms with E-state index in [2.05, 4.69) is 16.8 Å². The molecule has 0 N–H and O–H groups in total. The maximum Gasteiger partial charge on any atom is 0.243 e. The zero-order chi connectivity index (χ0) is 18.3. The molecule has 0 saturated carbocycles. The molecule has 2 unspecified atom stereocenters. The van der Waals surface area contributed by atoms with Gasteiger partial charge < -0.3 is 4.90 Å². The van der Waals surface area contributed by atoms with Crippen molar-refractivity contribution in [1.29, 1.82) is 0 Å². The third-order valence-electron chi connectivity index (χ3n) is 5.85. The Kier molecular flexibility index (Phi) is 4.80. The highest BCUT2D eigenvalue weighted by Gasteiger charge is 2.51. The first kappa shape index (κ1) is 18.0. The summed E-state index contributed by atoms with van der Waals surface area (Å²) in [5.74, 6) is 0.233. The van der Waals surface area contributed by atoms with Crippen molar-refractivity contribution in [2.75, 3.05) is 20.1 Å². The molecule has 4 rings (SSSR count). The van der Waals surface area contributed by atoms with Crippen molar-refractivity contribution in [3.05, 3.63) is 40.4 Å². The summed E-state index contributed by atoms with van der Waals surface area (Å²) in [6.45, 7) is 4.17. The van der Waals surface area contributed by atoms with E-state index in [1.807, 2.05) is 42.4 Å². The first-order valence-corrected chi connectivity index (χ1v) is 10.4. The number of rotatable bonds is 3. The number of likely N-dealkylation sites (tertiary alicyclic amines) is 2. The van der Waals surface area contributed by atoms with Crippen molar-refractivity contribution < 1.29 is 4.79 Å². The van der Waals surface area contributed by atoms with E-state index < -0.39 is 5.54 Å². The molecule has 2 aliphatic rings. The lowest BCUT2D eigenvalue weighted by Gasteiger charge is -2.39. The molecule has 3 heterocycles. The standard InChI is InChI=1S/C20H24ClN3OS/c1-20(24-10-6-3-7-11-24)12-16(23(2)19(20)25)17-13-22-18(26-17)14-8-4-5-9-15(14)21/h4-5,8-9,13,16H,3,6-7,10-12H2,1-2H3. The fraction of sp³-hybridized carbons (Fsp3) is 0.500. The molecule has 26 heavy (non-hydrogen) atoms. The number of benzene rings is 1. The summed E-state index contributed by atoms with van der Waals surface area (Å²) in [6.07, 6.45) is 6.39. The predicted molar refractivity (Wildman–Crippen MR) is 107 cm³/mol. The van der Waals surface area contributed by atoms with Crippen molar-refractivity contribution in [2.24, 2.45) is 0 Å². The molecule has 0 bridgehead atoms. The summed E-state index contributed by atoms with van der Waals surface area (Å²) in [6, 6.07) is 7.86. The Bertz CT molecular complexity index is 817. The molecular weight excluding hydrogens is 366 g/mol. The lowest BCUT2D eigenvalue weighted by Crippen LogP contribution is -2.53. The Labute approximate surface area is 163 Å². The zero-order valence-corrected chi connectivity index (χ0v) is 16.8. The molecule has 1 aromatic carbocycles. The number of amides is 1. The lowest BCUT2D eigenvalue weighted by atomic mass is 9.92. The number of carbonyl (C=O) groups is 1. The molecule has 1 amide bonds. The Morgan fingerprint density at radius 1 is 1.23 bits per heavy atom. The van der Waals surface area contributed by atoms with Crippen LogP contribution >= 0.6 is 22.9 Å². The average Bonchev–Trinajstić information content (AvgIpc) is 3.23. The van der Waals surface area contributed by atoms with Gasteiger partial charge in [0.15, 0.2) is 0 Å². The first-order chi connectivity index (χ1) is 12.5. The molecule has 2 aromatic rings. The van der Waals surface area contributed by atoms with Crippen LogP contribution in [-0.4, -0.2) is 46.4 Å². The highest BCUT2D eigenvalue weighted by molar-refractivity contribution is 7.15. The van der Waals surface area contributed by atoms with Crippen molar-refractivity contribution >= 4 is 28.8 Å². The number of aromatic nitrogens is 1. The maximum absolute atomic E-state index is 13.1. The van der Waals surface area contributed by atoms with Gasteiger partial charge in [-0.05, 0) is 45.3 Å². The highest BCUT2D eigenvalue weighted by atomic mass is 35.5. The summed E-state index contributed by atoms with van der Waals surface area (Å²) in [4.78, 5) is 23.1. The van der Waals surface area contributed by atoms with E-state index in [0.717, 1.165) is 35.0 Å². The average molecular weight is 390 g/mol. The Morgan fingerprint density at radius 2 is 1.96 bits per heavy atom. The van der Waals surface area contributed by atoms with E-state index in [-0.39, 0.29) is 11.9 Å². The quantitative estimate of drug-likeness (QED) is 0.769. The number of nitrogens with zero attached hydrogens (tertiary/aromatic N) is 3. The van der Waals surface area contributed by atoms with Gasteiger partial charge >= 0.3 is 0 Å². The summed E-state index contributed by atoms with van der Waals surface area (Å²) >= 11 is 7.96. The van der Waals surface area contributed by atoms with Crippen LogP contribution in [0.5, 0.6) is 0 Å². The van der Waals surface area contributed by atoms with E-state index in [4.69, 9.17) is 11.6 Å². The molecule has 2 saturated heterocycles. The van der Waals surface area contributed by atoms with Crippen LogP contribution in [0, 0.1) is 0 Å². The van der Waals surface area contributed by atoms with Crippen LogP contribution in [0.15, 0.2) is 30.5 Å². The van der Waals surface area contributed by atoms with Gasteiger partial charge in [0.1, 0.15) is 10.5 Å². The van der Waals surface area contributed by atoms with Crippen molar-refractivity contribution in [3.8, 4) is 10.6 Å². The topological polar surface area (TPSA) is 36.4 Å². The van der Waals surface area contributed by atoms with Crippen LogP contribution in [-0.2, 0) is 4.79 Å². The van der Waals surface area contributed by atoms with Gasteiger partial charge in [0.25, 0.3) is 0 Å². The molecule has 138 valence electrons. The lowest BCUT2D eigenvalue weighted by molar-refractivity contribution is -0.137. The first-order valence-electron chi connectivity index (χ1n) is 9.23. The number of piperidine rings is 1. The van der Waals surface area contributed by atoms with E-state index in [0.29, 0.717) is 5.02 Å². The van der Waals surface area contributed by atoms with Crippen molar-refractivity contribution in [3.63, 3.8) is 0 Å². The number of halogens is 1. The minimum absolute atomic E-state index is 0.0863. The molecule has 0 radical (unpaired) electrons. The molecule has 2 atom stereocenters.